The van der Waals surface area contributed by atoms with Gasteiger partial charge in [0.05, 0.1) is 10.9 Å². The van der Waals surface area contributed by atoms with Crippen molar-refractivity contribution < 1.29 is 9.59 Å². The zero-order valence-corrected chi connectivity index (χ0v) is 21.1. The minimum atomic E-state index is -0.572. The molecule has 4 rings (SSSR count). The van der Waals surface area contributed by atoms with E-state index in [1.807, 2.05) is 52.8 Å². The molecule has 2 aromatic heterocycles. The van der Waals surface area contributed by atoms with Crippen LogP contribution in [-0.4, -0.2) is 36.6 Å². The Labute approximate surface area is 207 Å². The molecule has 2 aromatic carbocycles. The van der Waals surface area contributed by atoms with Crippen molar-refractivity contribution in [2.45, 2.75) is 60.2 Å². The van der Waals surface area contributed by atoms with Crippen molar-refractivity contribution in [3.05, 3.63) is 73.9 Å². The summed E-state index contributed by atoms with van der Waals surface area (Å²) in [6.45, 7) is 9.49. The van der Waals surface area contributed by atoms with E-state index < -0.39 is 11.6 Å². The molecule has 10 nitrogen and oxygen atoms in total. The molecule has 2 heterocycles. The minimum Gasteiger partial charge on any atom is -0.350 e. The summed E-state index contributed by atoms with van der Waals surface area (Å²) >= 11 is 0. The highest BCUT2D eigenvalue weighted by Crippen LogP contribution is 2.16. The number of fused-ring (bicyclic) bond motifs is 3. The van der Waals surface area contributed by atoms with Gasteiger partial charge in [-0.2, -0.15) is 0 Å². The first-order valence-electron chi connectivity index (χ1n) is 11.9. The van der Waals surface area contributed by atoms with Crippen molar-refractivity contribution in [2.75, 3.05) is 5.32 Å². The smallest absolute Gasteiger partial charge is 0.350 e. The van der Waals surface area contributed by atoms with E-state index in [0.29, 0.717) is 29.6 Å². The number of nitrogens with one attached hydrogen (secondary N) is 2. The topological polar surface area (TPSA) is 120 Å². The van der Waals surface area contributed by atoms with E-state index in [1.165, 1.54) is 15.0 Å². The molecular formula is C26H30N6O4. The molecule has 2 amide bonds. The van der Waals surface area contributed by atoms with Crippen LogP contribution in [0.5, 0.6) is 0 Å². The molecule has 0 fully saturated rings. The number of aromatic nitrogens is 4. The molecule has 0 saturated heterocycles. The Morgan fingerprint density at radius 2 is 1.72 bits per heavy atom. The lowest BCUT2D eigenvalue weighted by Gasteiger charge is -2.11. The summed E-state index contributed by atoms with van der Waals surface area (Å²) in [4.78, 5) is 52.1. The van der Waals surface area contributed by atoms with Crippen LogP contribution in [0.1, 0.15) is 48.7 Å². The Balaban J connectivity index is 1.83. The fraction of sp³-hybridized carbons (Fsp3) is 0.346. The molecule has 36 heavy (non-hydrogen) atoms. The summed E-state index contributed by atoms with van der Waals surface area (Å²) in [6, 6.07) is 10.2. The molecule has 0 unspecified atom stereocenters. The molecule has 0 radical (unpaired) electrons. The Morgan fingerprint density at radius 3 is 2.36 bits per heavy atom. The average molecular weight is 491 g/mol. The molecule has 0 bridgehead atoms. The molecule has 4 aromatic rings. The maximum Gasteiger partial charge on any atom is 0.352 e. The number of nitrogens with zero attached hydrogens (tertiary/aromatic N) is 4. The van der Waals surface area contributed by atoms with Crippen LogP contribution in [0.3, 0.4) is 0 Å². The van der Waals surface area contributed by atoms with E-state index in [1.54, 1.807) is 12.1 Å². The summed E-state index contributed by atoms with van der Waals surface area (Å²) < 4.78 is 3.76. The molecular weight excluding hydrogens is 460 g/mol. The first kappa shape index (κ1) is 24.9. The molecule has 0 aliphatic carbocycles. The molecule has 0 atom stereocenters. The summed E-state index contributed by atoms with van der Waals surface area (Å²) in [5, 5.41) is 10.3. The minimum absolute atomic E-state index is 0.0769. The van der Waals surface area contributed by atoms with Gasteiger partial charge in [-0.05, 0) is 75.6 Å². The quantitative estimate of drug-likeness (QED) is 0.413. The Kier molecular flexibility index (Phi) is 6.78. The molecule has 0 aliphatic rings. The van der Waals surface area contributed by atoms with Gasteiger partial charge in [-0.1, -0.05) is 13.0 Å². The Bertz CT molecular complexity index is 1590. The zero-order chi connectivity index (χ0) is 26.1. The van der Waals surface area contributed by atoms with Gasteiger partial charge in [-0.25, -0.2) is 13.9 Å². The SMILES string of the molecule is CCCn1c(=O)c2ccc(C(=O)NC(C)C)cc2n2c(=O)n(CC(=O)Nc3cc(C)cc(C)c3)nc12. The lowest BCUT2D eigenvalue weighted by atomic mass is 10.1. The van der Waals surface area contributed by atoms with Crippen molar-refractivity contribution in [1.29, 1.82) is 0 Å². The third-order valence-electron chi connectivity index (χ3n) is 5.71. The van der Waals surface area contributed by atoms with E-state index in [9.17, 15) is 19.2 Å². The third kappa shape index (κ3) is 4.79. The van der Waals surface area contributed by atoms with Crippen LogP contribution >= 0.6 is 0 Å². The van der Waals surface area contributed by atoms with Gasteiger partial charge in [0.15, 0.2) is 0 Å². The van der Waals surface area contributed by atoms with E-state index in [0.717, 1.165) is 15.8 Å². The summed E-state index contributed by atoms with van der Waals surface area (Å²) in [6.07, 6.45) is 0.643. The van der Waals surface area contributed by atoms with Crippen LogP contribution in [0.15, 0.2) is 46.0 Å². The van der Waals surface area contributed by atoms with Crippen molar-refractivity contribution in [3.8, 4) is 0 Å². The zero-order valence-electron chi connectivity index (χ0n) is 21.1. The lowest BCUT2D eigenvalue weighted by Crippen LogP contribution is -2.31. The number of amides is 2. The molecule has 2 N–H and O–H groups in total. The van der Waals surface area contributed by atoms with Crippen LogP contribution in [0.4, 0.5) is 5.69 Å². The predicted octanol–water partition coefficient (Wildman–Crippen LogP) is 2.61. The highest BCUT2D eigenvalue weighted by molar-refractivity contribution is 5.98. The van der Waals surface area contributed by atoms with E-state index in [-0.39, 0.29) is 35.3 Å². The van der Waals surface area contributed by atoms with Gasteiger partial charge in [0.1, 0.15) is 6.54 Å². The maximum atomic E-state index is 13.4. The van der Waals surface area contributed by atoms with Gasteiger partial charge in [0.2, 0.25) is 11.7 Å². The largest absolute Gasteiger partial charge is 0.352 e. The Morgan fingerprint density at radius 1 is 1.03 bits per heavy atom. The van der Waals surface area contributed by atoms with E-state index >= 15 is 0 Å². The number of rotatable bonds is 7. The van der Waals surface area contributed by atoms with Crippen LogP contribution in [0, 0.1) is 13.8 Å². The molecule has 0 aliphatic heterocycles. The monoisotopic (exact) mass is 490 g/mol. The normalized spacial score (nSPS) is 11.4. The number of carbonyl (C=O) groups is 2. The first-order chi connectivity index (χ1) is 17.1. The van der Waals surface area contributed by atoms with Crippen molar-refractivity contribution in [3.63, 3.8) is 0 Å². The number of aryl methyl sites for hydroxylation is 3. The second-order valence-electron chi connectivity index (χ2n) is 9.32. The van der Waals surface area contributed by atoms with Gasteiger partial charge in [0, 0.05) is 23.8 Å². The fourth-order valence-corrected chi connectivity index (χ4v) is 4.31. The third-order valence-corrected chi connectivity index (χ3v) is 5.71. The predicted molar refractivity (Wildman–Crippen MR) is 139 cm³/mol. The second-order valence-corrected chi connectivity index (χ2v) is 9.32. The van der Waals surface area contributed by atoms with Crippen LogP contribution in [-0.2, 0) is 17.9 Å². The summed E-state index contributed by atoms with van der Waals surface area (Å²) in [5.41, 5.74) is 2.33. The van der Waals surface area contributed by atoms with E-state index in [4.69, 9.17) is 0 Å². The molecule has 10 heteroatoms. The van der Waals surface area contributed by atoms with Gasteiger partial charge in [0.25, 0.3) is 11.5 Å². The van der Waals surface area contributed by atoms with Crippen molar-refractivity contribution in [2.24, 2.45) is 0 Å². The van der Waals surface area contributed by atoms with Crippen molar-refractivity contribution in [1.82, 2.24) is 24.1 Å². The molecule has 0 spiro atoms. The van der Waals surface area contributed by atoms with E-state index in [2.05, 4.69) is 15.7 Å². The second kappa shape index (κ2) is 9.80. The highest BCUT2D eigenvalue weighted by atomic mass is 16.2. The number of hydrogen-bond acceptors (Lipinski definition) is 5. The molecule has 188 valence electrons. The van der Waals surface area contributed by atoms with Gasteiger partial charge >= 0.3 is 5.69 Å². The summed E-state index contributed by atoms with van der Waals surface area (Å²) in [7, 11) is 0. The average Bonchev–Trinajstić information content (AvgIpc) is 3.10. The van der Waals surface area contributed by atoms with Gasteiger partial charge in [-0.15, -0.1) is 5.10 Å². The molecule has 0 saturated carbocycles. The number of anilines is 1. The Hall–Kier alpha value is -4.21. The number of hydrogen-bond donors (Lipinski definition) is 2. The number of carbonyl (C=O) groups excluding carboxylic acids is 2. The van der Waals surface area contributed by atoms with Gasteiger partial charge in [-0.3, -0.25) is 19.0 Å². The van der Waals surface area contributed by atoms with Crippen LogP contribution in [0.25, 0.3) is 16.7 Å². The lowest BCUT2D eigenvalue weighted by molar-refractivity contribution is -0.117. The van der Waals surface area contributed by atoms with Gasteiger partial charge < -0.3 is 10.6 Å². The first-order valence-corrected chi connectivity index (χ1v) is 11.9. The number of benzene rings is 2. The van der Waals surface area contributed by atoms with Crippen molar-refractivity contribution >= 4 is 34.2 Å². The standard InChI is InChI=1S/C26H30N6O4/c1-6-9-30-24(35)20-8-7-18(23(34)27-15(2)3)13-21(20)32-25(30)29-31(26(32)36)14-22(33)28-19-11-16(4)10-17(5)12-19/h7-8,10-13,15H,6,9,14H2,1-5H3,(H,27,34)(H,28,33). The van der Waals surface area contributed by atoms with Crippen LogP contribution in [0.2, 0.25) is 0 Å². The maximum absolute atomic E-state index is 13.4. The summed E-state index contributed by atoms with van der Waals surface area (Å²) in [5.74, 6) is -0.609. The highest BCUT2D eigenvalue weighted by Gasteiger charge is 2.20. The van der Waals surface area contributed by atoms with Crippen LogP contribution < -0.4 is 21.9 Å². The fourth-order valence-electron chi connectivity index (χ4n) is 4.31.